The molecule has 4 N–H and O–H groups in total. The second-order valence-corrected chi connectivity index (χ2v) is 5.12. The Balaban J connectivity index is 2.31. The van der Waals surface area contributed by atoms with Crippen molar-refractivity contribution in [2.45, 2.75) is 57.9 Å². The lowest BCUT2D eigenvalue weighted by Crippen LogP contribution is -2.24. The van der Waals surface area contributed by atoms with Crippen molar-refractivity contribution >= 4 is 7.12 Å². The summed E-state index contributed by atoms with van der Waals surface area (Å²) in [6.45, 7) is 4.25. The summed E-state index contributed by atoms with van der Waals surface area (Å²) >= 11 is 0. The quantitative estimate of drug-likeness (QED) is 0.476. The molecule has 1 aromatic rings. The molecule has 0 saturated carbocycles. The third-order valence-corrected chi connectivity index (χ3v) is 3.06. The molecule has 5 nitrogen and oxygen atoms in total. The van der Waals surface area contributed by atoms with E-state index in [1.165, 1.54) is 5.69 Å². The van der Waals surface area contributed by atoms with Gasteiger partial charge in [-0.2, -0.15) is 0 Å². The molecule has 0 amide bonds. The van der Waals surface area contributed by atoms with Gasteiger partial charge < -0.3 is 20.3 Å². The van der Waals surface area contributed by atoms with E-state index in [1.54, 1.807) is 0 Å². The molecule has 0 fully saturated rings. The van der Waals surface area contributed by atoms with E-state index in [0.717, 1.165) is 25.7 Å². The number of imidazole rings is 1. The molecule has 1 aromatic heterocycles. The molecule has 0 spiro atoms. The van der Waals surface area contributed by atoms with Crippen molar-refractivity contribution in [2.24, 2.45) is 5.73 Å². The van der Waals surface area contributed by atoms with E-state index in [2.05, 4.69) is 23.4 Å². The summed E-state index contributed by atoms with van der Waals surface area (Å²) in [6.07, 6.45) is 7.59. The third-order valence-electron chi connectivity index (χ3n) is 3.06. The van der Waals surface area contributed by atoms with Gasteiger partial charge in [0.2, 0.25) is 0 Å². The Kier molecular flexibility index (Phi) is 6.39. The molecule has 1 rings (SSSR count). The van der Waals surface area contributed by atoms with E-state index in [9.17, 15) is 0 Å². The molecular weight excluding hydrogens is 229 g/mol. The standard InChI is InChI=1S/C12H24BN3O2/c1-10(2)16-9-15-8-12(16)7-11(14)5-3-4-6-13(17)18/h8-11,17-18H,3-7,14H2,1-2H3. The number of unbranched alkanes of at least 4 members (excludes halogenated alkanes) is 1. The molecule has 0 aliphatic carbocycles. The molecule has 0 aliphatic rings. The first-order valence-electron chi connectivity index (χ1n) is 6.63. The lowest BCUT2D eigenvalue weighted by atomic mass is 9.83. The average Bonchev–Trinajstić information content (AvgIpc) is 2.72. The van der Waals surface area contributed by atoms with Gasteiger partial charge in [-0.25, -0.2) is 4.98 Å². The zero-order chi connectivity index (χ0) is 13.5. The van der Waals surface area contributed by atoms with Gasteiger partial charge in [0.05, 0.1) is 6.33 Å². The van der Waals surface area contributed by atoms with Gasteiger partial charge in [-0.15, -0.1) is 0 Å². The van der Waals surface area contributed by atoms with E-state index in [0.29, 0.717) is 12.4 Å². The van der Waals surface area contributed by atoms with Gasteiger partial charge in [0.1, 0.15) is 0 Å². The Morgan fingerprint density at radius 2 is 2.11 bits per heavy atom. The summed E-state index contributed by atoms with van der Waals surface area (Å²) in [5.41, 5.74) is 7.25. The zero-order valence-electron chi connectivity index (χ0n) is 11.3. The smallest absolute Gasteiger partial charge is 0.427 e. The minimum absolute atomic E-state index is 0.107. The summed E-state index contributed by atoms with van der Waals surface area (Å²) < 4.78 is 2.14. The minimum Gasteiger partial charge on any atom is -0.427 e. The number of nitrogens with two attached hydrogens (primary N) is 1. The SMILES string of the molecule is CC(C)n1cncc1CC(N)CCCCB(O)O. The highest BCUT2D eigenvalue weighted by atomic mass is 16.4. The van der Waals surface area contributed by atoms with E-state index < -0.39 is 7.12 Å². The van der Waals surface area contributed by atoms with Crippen LogP contribution in [0.1, 0.15) is 44.8 Å². The highest BCUT2D eigenvalue weighted by Crippen LogP contribution is 2.13. The van der Waals surface area contributed by atoms with Crippen molar-refractivity contribution in [3.63, 3.8) is 0 Å². The number of rotatable bonds is 8. The lowest BCUT2D eigenvalue weighted by Gasteiger charge is -2.15. The first-order valence-corrected chi connectivity index (χ1v) is 6.63. The van der Waals surface area contributed by atoms with Gasteiger partial charge >= 0.3 is 7.12 Å². The molecule has 0 saturated heterocycles. The second kappa shape index (κ2) is 7.56. The van der Waals surface area contributed by atoms with Crippen LogP contribution in [0.25, 0.3) is 0 Å². The monoisotopic (exact) mass is 253 g/mol. The molecule has 18 heavy (non-hydrogen) atoms. The first kappa shape index (κ1) is 15.2. The Labute approximate surface area is 109 Å². The van der Waals surface area contributed by atoms with Gasteiger partial charge in [0.25, 0.3) is 0 Å². The van der Waals surface area contributed by atoms with E-state index in [-0.39, 0.29) is 6.04 Å². The van der Waals surface area contributed by atoms with Crippen LogP contribution < -0.4 is 5.73 Å². The van der Waals surface area contributed by atoms with Crippen LogP contribution in [-0.4, -0.2) is 32.8 Å². The predicted molar refractivity (Wildman–Crippen MR) is 73.1 cm³/mol. The van der Waals surface area contributed by atoms with Gasteiger partial charge in [-0.1, -0.05) is 12.8 Å². The van der Waals surface area contributed by atoms with Crippen LogP contribution in [0.15, 0.2) is 12.5 Å². The van der Waals surface area contributed by atoms with Gasteiger partial charge in [0, 0.05) is 30.4 Å². The van der Waals surface area contributed by atoms with Crippen LogP contribution in [0, 0.1) is 0 Å². The fraction of sp³-hybridized carbons (Fsp3) is 0.750. The van der Waals surface area contributed by atoms with Crippen molar-refractivity contribution < 1.29 is 10.0 Å². The van der Waals surface area contributed by atoms with E-state index in [4.69, 9.17) is 15.8 Å². The topological polar surface area (TPSA) is 84.3 Å². The highest BCUT2D eigenvalue weighted by Gasteiger charge is 2.11. The summed E-state index contributed by atoms with van der Waals surface area (Å²) in [5.74, 6) is 0. The Morgan fingerprint density at radius 1 is 1.39 bits per heavy atom. The Bertz CT molecular complexity index is 342. The van der Waals surface area contributed by atoms with Gasteiger partial charge in [-0.05, 0) is 26.6 Å². The van der Waals surface area contributed by atoms with Crippen molar-refractivity contribution in [1.82, 2.24) is 9.55 Å². The molecule has 0 aromatic carbocycles. The molecule has 1 atom stereocenters. The number of aromatic nitrogens is 2. The molecule has 0 radical (unpaired) electrons. The van der Waals surface area contributed by atoms with E-state index in [1.807, 2.05) is 12.5 Å². The van der Waals surface area contributed by atoms with Crippen molar-refractivity contribution in [2.75, 3.05) is 0 Å². The van der Waals surface area contributed by atoms with Crippen LogP contribution in [0.3, 0.4) is 0 Å². The number of nitrogens with zero attached hydrogens (tertiary/aromatic N) is 2. The molecule has 6 heteroatoms. The average molecular weight is 253 g/mol. The maximum absolute atomic E-state index is 8.74. The molecule has 0 bridgehead atoms. The summed E-state index contributed by atoms with van der Waals surface area (Å²) in [4.78, 5) is 4.16. The fourth-order valence-corrected chi connectivity index (χ4v) is 2.06. The van der Waals surface area contributed by atoms with Crippen LogP contribution in [0.2, 0.25) is 6.32 Å². The third kappa shape index (κ3) is 5.20. The zero-order valence-corrected chi connectivity index (χ0v) is 11.3. The van der Waals surface area contributed by atoms with Crippen molar-refractivity contribution in [3.05, 3.63) is 18.2 Å². The first-order chi connectivity index (χ1) is 8.50. The van der Waals surface area contributed by atoms with Crippen LogP contribution in [-0.2, 0) is 6.42 Å². The Hall–Kier alpha value is -0.845. The maximum atomic E-state index is 8.74. The van der Waals surface area contributed by atoms with Crippen LogP contribution in [0.4, 0.5) is 0 Å². The lowest BCUT2D eigenvalue weighted by molar-refractivity contribution is 0.400. The van der Waals surface area contributed by atoms with Crippen molar-refractivity contribution in [1.29, 1.82) is 0 Å². The maximum Gasteiger partial charge on any atom is 0.451 e. The molecule has 1 unspecified atom stereocenters. The predicted octanol–water partition coefficient (Wildman–Crippen LogP) is 0.977. The summed E-state index contributed by atoms with van der Waals surface area (Å²) in [5, 5.41) is 17.5. The normalized spacial score (nSPS) is 13.0. The largest absolute Gasteiger partial charge is 0.451 e. The Morgan fingerprint density at radius 3 is 2.72 bits per heavy atom. The summed E-state index contributed by atoms with van der Waals surface area (Å²) in [6, 6.07) is 0.509. The molecule has 102 valence electrons. The molecule has 0 aliphatic heterocycles. The number of hydrogen-bond acceptors (Lipinski definition) is 4. The molecular formula is C12H24BN3O2. The van der Waals surface area contributed by atoms with E-state index >= 15 is 0 Å². The fourth-order valence-electron chi connectivity index (χ4n) is 2.06. The summed E-state index contributed by atoms with van der Waals surface area (Å²) in [7, 11) is -1.19. The van der Waals surface area contributed by atoms with Crippen LogP contribution >= 0.6 is 0 Å². The minimum atomic E-state index is -1.19. The number of hydrogen-bond donors (Lipinski definition) is 3. The van der Waals surface area contributed by atoms with Crippen LogP contribution in [0.5, 0.6) is 0 Å². The van der Waals surface area contributed by atoms with Crippen molar-refractivity contribution in [3.8, 4) is 0 Å². The highest BCUT2D eigenvalue weighted by molar-refractivity contribution is 6.40. The second-order valence-electron chi connectivity index (χ2n) is 5.12. The molecule has 1 heterocycles. The van der Waals surface area contributed by atoms with Gasteiger partial charge in [0.15, 0.2) is 0 Å². The van der Waals surface area contributed by atoms with Gasteiger partial charge in [-0.3, -0.25) is 0 Å².